The van der Waals surface area contributed by atoms with Crippen molar-refractivity contribution >= 4 is 11.0 Å². The maximum atomic E-state index is 5.95. The summed E-state index contributed by atoms with van der Waals surface area (Å²) in [5, 5.41) is 0. The van der Waals surface area contributed by atoms with Crippen molar-refractivity contribution in [3.63, 3.8) is 0 Å². The van der Waals surface area contributed by atoms with Crippen molar-refractivity contribution < 1.29 is 14.0 Å². The third-order valence-corrected chi connectivity index (χ3v) is 3.68. The molecule has 0 aliphatic carbocycles. The van der Waals surface area contributed by atoms with Gasteiger partial charge in [0.15, 0.2) is 29.1 Å². The highest BCUT2D eigenvalue weighted by atomic mass is 16.5. The molecular weight excluding hydrogens is 276 g/mol. The fourth-order valence-electron chi connectivity index (χ4n) is 2.66. The lowest BCUT2D eigenvalue weighted by Gasteiger charge is -2.08. The number of hydrogen-bond donors (Lipinski definition) is 1. The second kappa shape index (κ2) is 6.52. The summed E-state index contributed by atoms with van der Waals surface area (Å²) in [5.74, 6) is 2.57. The quantitative estimate of drug-likeness (QED) is 0.708. The number of methoxy groups -OCH3 is 1. The first-order valence-corrected chi connectivity index (χ1v) is 7.58. The van der Waals surface area contributed by atoms with Crippen LogP contribution < -0.4 is 14.0 Å². The smallest absolute Gasteiger partial charge is 0.293 e. The highest BCUT2D eigenvalue weighted by molar-refractivity contribution is 5.71. The average Bonchev–Trinajstić information content (AvgIpc) is 2.91. The van der Waals surface area contributed by atoms with Crippen LogP contribution in [0.15, 0.2) is 48.5 Å². The minimum atomic E-state index is 0.481. The SMILES string of the molecule is CCC[n+]1c(COc2ccccc2OC)[nH]c2ccccc21. The van der Waals surface area contributed by atoms with Gasteiger partial charge in [-0.1, -0.05) is 31.2 Å². The Morgan fingerprint density at radius 3 is 2.50 bits per heavy atom. The van der Waals surface area contributed by atoms with Crippen molar-refractivity contribution in [2.75, 3.05) is 7.11 Å². The number of benzene rings is 2. The standard InChI is InChI=1S/C18H20N2O2/c1-3-12-20-15-9-5-4-8-14(15)19-18(20)13-22-17-11-7-6-10-16(17)21-2/h4-11H,3,12-13H2,1-2H3/p+1. The Morgan fingerprint density at radius 2 is 1.73 bits per heavy atom. The first kappa shape index (κ1) is 14.4. The summed E-state index contributed by atoms with van der Waals surface area (Å²) in [6.07, 6.45) is 1.08. The largest absolute Gasteiger partial charge is 0.493 e. The molecule has 3 rings (SSSR count). The molecule has 2 aromatic carbocycles. The van der Waals surface area contributed by atoms with E-state index in [1.807, 2.05) is 30.3 Å². The Bertz CT molecular complexity index is 765. The lowest BCUT2D eigenvalue weighted by molar-refractivity contribution is -0.680. The maximum Gasteiger partial charge on any atom is 0.293 e. The third kappa shape index (κ3) is 2.77. The van der Waals surface area contributed by atoms with E-state index < -0.39 is 0 Å². The van der Waals surface area contributed by atoms with Crippen LogP contribution in [-0.4, -0.2) is 12.1 Å². The van der Waals surface area contributed by atoms with Crippen LogP contribution in [0.4, 0.5) is 0 Å². The summed E-state index contributed by atoms with van der Waals surface area (Å²) in [7, 11) is 1.66. The Balaban J connectivity index is 1.88. The van der Waals surface area contributed by atoms with E-state index >= 15 is 0 Å². The molecule has 4 heteroatoms. The van der Waals surface area contributed by atoms with Crippen LogP contribution in [-0.2, 0) is 13.2 Å². The molecule has 0 aliphatic rings. The molecule has 0 radical (unpaired) electrons. The summed E-state index contributed by atoms with van der Waals surface area (Å²) < 4.78 is 13.6. The zero-order chi connectivity index (χ0) is 15.4. The number of fused-ring (bicyclic) bond motifs is 1. The molecule has 0 spiro atoms. The predicted molar refractivity (Wildman–Crippen MR) is 86.1 cm³/mol. The van der Waals surface area contributed by atoms with Crippen LogP contribution in [0.1, 0.15) is 19.2 Å². The van der Waals surface area contributed by atoms with E-state index in [1.54, 1.807) is 7.11 Å². The zero-order valence-corrected chi connectivity index (χ0v) is 13.0. The number of nitrogens with one attached hydrogen (secondary N) is 1. The van der Waals surface area contributed by atoms with Crippen LogP contribution in [0.25, 0.3) is 11.0 Å². The Labute approximate surface area is 130 Å². The van der Waals surface area contributed by atoms with E-state index in [0.717, 1.165) is 35.8 Å². The van der Waals surface area contributed by atoms with Crippen LogP contribution >= 0.6 is 0 Å². The Hall–Kier alpha value is -2.49. The van der Waals surface area contributed by atoms with Gasteiger partial charge in [-0.3, -0.25) is 0 Å². The molecule has 0 unspecified atom stereocenters. The Kier molecular flexibility index (Phi) is 4.28. The summed E-state index contributed by atoms with van der Waals surface area (Å²) in [6.45, 7) is 3.63. The number of rotatable bonds is 6. The molecule has 0 bridgehead atoms. The van der Waals surface area contributed by atoms with E-state index in [9.17, 15) is 0 Å². The highest BCUT2D eigenvalue weighted by Gasteiger charge is 2.18. The van der Waals surface area contributed by atoms with Gasteiger partial charge in [0.05, 0.1) is 13.7 Å². The van der Waals surface area contributed by atoms with Gasteiger partial charge in [-0.25, -0.2) is 9.55 Å². The first-order valence-electron chi connectivity index (χ1n) is 7.58. The summed E-state index contributed by atoms with van der Waals surface area (Å²) in [6, 6.07) is 16.0. The van der Waals surface area contributed by atoms with E-state index in [2.05, 4.69) is 34.7 Å². The fourth-order valence-corrected chi connectivity index (χ4v) is 2.66. The monoisotopic (exact) mass is 297 g/mol. The van der Waals surface area contributed by atoms with Gasteiger partial charge in [0.1, 0.15) is 0 Å². The number of ether oxygens (including phenoxy) is 2. The molecule has 0 amide bonds. The topological polar surface area (TPSA) is 38.1 Å². The average molecular weight is 297 g/mol. The number of imidazole rings is 1. The molecule has 1 aromatic heterocycles. The van der Waals surface area contributed by atoms with Gasteiger partial charge in [0.25, 0.3) is 5.82 Å². The first-order chi connectivity index (χ1) is 10.8. The predicted octanol–water partition coefficient (Wildman–Crippen LogP) is 3.45. The minimum absolute atomic E-state index is 0.481. The normalized spacial score (nSPS) is 10.8. The number of aromatic amines is 1. The van der Waals surface area contributed by atoms with Gasteiger partial charge < -0.3 is 9.47 Å². The summed E-state index contributed by atoms with van der Waals surface area (Å²) in [4.78, 5) is 3.45. The third-order valence-electron chi connectivity index (χ3n) is 3.68. The maximum absolute atomic E-state index is 5.95. The van der Waals surface area contributed by atoms with Crippen LogP contribution in [0.5, 0.6) is 11.5 Å². The number of nitrogens with zero attached hydrogens (tertiary/aromatic N) is 1. The van der Waals surface area contributed by atoms with Crippen LogP contribution in [0.2, 0.25) is 0 Å². The minimum Gasteiger partial charge on any atom is -0.493 e. The molecule has 0 fully saturated rings. The lowest BCUT2D eigenvalue weighted by Crippen LogP contribution is -2.37. The second-order valence-corrected chi connectivity index (χ2v) is 5.18. The van der Waals surface area contributed by atoms with Crippen LogP contribution in [0.3, 0.4) is 0 Å². The van der Waals surface area contributed by atoms with Gasteiger partial charge in [-0.2, -0.15) is 0 Å². The zero-order valence-electron chi connectivity index (χ0n) is 13.0. The lowest BCUT2D eigenvalue weighted by atomic mass is 10.3. The molecule has 4 nitrogen and oxygen atoms in total. The summed E-state index contributed by atoms with van der Waals surface area (Å²) >= 11 is 0. The van der Waals surface area contributed by atoms with Gasteiger partial charge in [0, 0.05) is 0 Å². The molecule has 0 saturated heterocycles. The van der Waals surface area contributed by atoms with Crippen LogP contribution in [0, 0.1) is 0 Å². The fraction of sp³-hybridized carbons (Fsp3) is 0.278. The highest BCUT2D eigenvalue weighted by Crippen LogP contribution is 2.26. The second-order valence-electron chi connectivity index (χ2n) is 5.18. The van der Waals surface area contributed by atoms with E-state index in [1.165, 1.54) is 5.52 Å². The molecule has 3 aromatic rings. The number of para-hydroxylation sites is 4. The van der Waals surface area contributed by atoms with E-state index in [4.69, 9.17) is 9.47 Å². The van der Waals surface area contributed by atoms with Gasteiger partial charge in [0.2, 0.25) is 0 Å². The molecule has 114 valence electrons. The van der Waals surface area contributed by atoms with Gasteiger partial charge in [-0.15, -0.1) is 0 Å². The molecule has 0 aliphatic heterocycles. The van der Waals surface area contributed by atoms with Crippen molar-refractivity contribution in [2.45, 2.75) is 26.5 Å². The molecule has 22 heavy (non-hydrogen) atoms. The molecule has 1 heterocycles. The Morgan fingerprint density at radius 1 is 1.00 bits per heavy atom. The number of H-pyrrole nitrogens is 1. The molecule has 1 N–H and O–H groups in total. The van der Waals surface area contributed by atoms with Gasteiger partial charge >= 0.3 is 0 Å². The number of aromatic nitrogens is 2. The van der Waals surface area contributed by atoms with E-state index in [0.29, 0.717) is 6.61 Å². The van der Waals surface area contributed by atoms with Crippen molar-refractivity contribution in [3.8, 4) is 11.5 Å². The van der Waals surface area contributed by atoms with Crippen molar-refractivity contribution in [1.82, 2.24) is 4.98 Å². The van der Waals surface area contributed by atoms with Gasteiger partial charge in [-0.05, 0) is 30.7 Å². The van der Waals surface area contributed by atoms with Crippen molar-refractivity contribution in [3.05, 3.63) is 54.4 Å². The number of aryl methyl sites for hydroxylation is 1. The van der Waals surface area contributed by atoms with E-state index in [-0.39, 0.29) is 0 Å². The summed E-state index contributed by atoms with van der Waals surface area (Å²) in [5.41, 5.74) is 2.34. The molecular formula is C18H21N2O2+. The van der Waals surface area contributed by atoms with Crippen molar-refractivity contribution in [2.24, 2.45) is 0 Å². The molecule has 0 atom stereocenters. The molecule has 0 saturated carbocycles. The van der Waals surface area contributed by atoms with Crippen molar-refractivity contribution in [1.29, 1.82) is 0 Å². The number of hydrogen-bond acceptors (Lipinski definition) is 2.